The summed E-state index contributed by atoms with van der Waals surface area (Å²) in [6.07, 6.45) is 0.603. The highest BCUT2D eigenvalue weighted by molar-refractivity contribution is 7.52. The Hall–Kier alpha value is -1.45. The van der Waals surface area contributed by atoms with Crippen LogP contribution in [0.15, 0.2) is 6.20 Å². The van der Waals surface area contributed by atoms with E-state index in [1.165, 1.54) is 10.9 Å². The third-order valence-corrected chi connectivity index (χ3v) is 7.24. The van der Waals surface area contributed by atoms with Crippen LogP contribution in [-0.4, -0.2) is 101 Å². The fourth-order valence-corrected chi connectivity index (χ4v) is 4.97. The smallest absolute Gasteiger partial charge is 0.356 e. The molecule has 6 N–H and O–H groups in total. The second-order valence-electron chi connectivity index (χ2n) is 8.52. The quantitative estimate of drug-likeness (QED) is 0.127. The van der Waals surface area contributed by atoms with Gasteiger partial charge in [0.2, 0.25) is 5.28 Å². The maximum absolute atomic E-state index is 11.7. The van der Waals surface area contributed by atoms with Crippen LogP contribution in [0.1, 0.15) is 31.9 Å². The largest absolute Gasteiger partial charge is 0.394 e. The van der Waals surface area contributed by atoms with E-state index >= 15 is 0 Å². The molecule has 2 aromatic rings. The van der Waals surface area contributed by atoms with Crippen molar-refractivity contribution in [2.45, 2.75) is 62.1 Å². The molecule has 35 heavy (non-hydrogen) atoms. The van der Waals surface area contributed by atoms with Gasteiger partial charge in [-0.15, -0.1) is 0 Å². The summed E-state index contributed by atoms with van der Waals surface area (Å²) in [5, 5.41) is 38.1. The summed E-state index contributed by atoms with van der Waals surface area (Å²) >= 11 is 6.14. The molecule has 0 bridgehead atoms. The van der Waals surface area contributed by atoms with Gasteiger partial charge in [0.25, 0.3) is 0 Å². The maximum Gasteiger partial charge on any atom is 0.356 e. The van der Waals surface area contributed by atoms with Crippen molar-refractivity contribution >= 4 is 36.0 Å². The molecule has 0 aromatic carbocycles. The molecule has 1 aliphatic carbocycles. The molecule has 2 unspecified atom stereocenters. The molecule has 1 saturated heterocycles. The number of fused-ring (bicyclic) bond motifs is 1. The van der Waals surface area contributed by atoms with Crippen LogP contribution in [0, 0.1) is 0 Å². The molecular formula is C19H29ClN5O9P. The van der Waals surface area contributed by atoms with Crippen LogP contribution in [0.2, 0.25) is 5.28 Å². The Balaban J connectivity index is 1.49. The number of hydrogen-bond donors (Lipinski definition) is 6. The van der Waals surface area contributed by atoms with E-state index in [-0.39, 0.29) is 30.2 Å². The molecule has 4 rings (SSSR count). The molecule has 0 spiro atoms. The summed E-state index contributed by atoms with van der Waals surface area (Å²) in [6.45, 7) is -1.38. The summed E-state index contributed by atoms with van der Waals surface area (Å²) in [6, 6.07) is 0.257. The Labute approximate surface area is 205 Å². The van der Waals surface area contributed by atoms with Gasteiger partial charge in [-0.1, -0.05) is 12.8 Å². The lowest BCUT2D eigenvalue weighted by Crippen LogP contribution is -2.35. The van der Waals surface area contributed by atoms with E-state index < -0.39 is 51.2 Å². The fraction of sp³-hybridized carbons (Fsp3) is 0.737. The zero-order valence-corrected chi connectivity index (χ0v) is 20.3. The van der Waals surface area contributed by atoms with E-state index in [1.807, 2.05) is 0 Å². The SMILES string of the molecule is O=P(O)(O)C(COCCO)OCC1O[C@@H](n2ncc3c(NC4CCCC4)nc(Cl)nc32)[C@H](O)[C@@H]1O. The average Bonchev–Trinajstić information content (AvgIpc) is 3.51. The van der Waals surface area contributed by atoms with Crippen molar-refractivity contribution in [3.8, 4) is 0 Å². The van der Waals surface area contributed by atoms with Crippen molar-refractivity contribution in [1.29, 1.82) is 0 Å². The summed E-state index contributed by atoms with van der Waals surface area (Å²) in [7, 11) is -4.71. The number of aliphatic hydroxyl groups excluding tert-OH is 3. The van der Waals surface area contributed by atoms with Gasteiger partial charge in [0.1, 0.15) is 24.1 Å². The average molecular weight is 538 g/mol. The molecule has 16 heteroatoms. The van der Waals surface area contributed by atoms with Gasteiger partial charge < -0.3 is 44.6 Å². The number of nitrogens with one attached hydrogen (secondary N) is 1. The Bertz CT molecular complexity index is 1050. The number of anilines is 1. The first-order valence-electron chi connectivity index (χ1n) is 11.2. The van der Waals surface area contributed by atoms with Crippen molar-refractivity contribution in [2.24, 2.45) is 0 Å². The molecular weight excluding hydrogens is 509 g/mol. The summed E-state index contributed by atoms with van der Waals surface area (Å²) < 4.78 is 29.0. The summed E-state index contributed by atoms with van der Waals surface area (Å²) in [4.78, 5) is 27.5. The molecule has 5 atom stereocenters. The van der Waals surface area contributed by atoms with Crippen LogP contribution < -0.4 is 5.32 Å². The van der Waals surface area contributed by atoms with E-state index in [1.54, 1.807) is 0 Å². The van der Waals surface area contributed by atoms with Gasteiger partial charge in [0, 0.05) is 6.04 Å². The van der Waals surface area contributed by atoms with Gasteiger partial charge in [-0.2, -0.15) is 15.1 Å². The van der Waals surface area contributed by atoms with E-state index in [0.717, 1.165) is 25.7 Å². The van der Waals surface area contributed by atoms with Crippen LogP contribution in [0.3, 0.4) is 0 Å². The lowest BCUT2D eigenvalue weighted by molar-refractivity contribution is -0.0855. The van der Waals surface area contributed by atoms with Gasteiger partial charge in [-0.05, 0) is 24.4 Å². The predicted molar refractivity (Wildman–Crippen MR) is 122 cm³/mol. The molecule has 3 heterocycles. The highest BCUT2D eigenvalue weighted by Crippen LogP contribution is 2.42. The summed E-state index contributed by atoms with van der Waals surface area (Å²) in [5.74, 6) is -1.12. The molecule has 2 aromatic heterocycles. The van der Waals surface area contributed by atoms with E-state index in [0.29, 0.717) is 11.2 Å². The molecule has 14 nitrogen and oxygen atoms in total. The standard InChI is InChI=1S/C19H29ClN5O9P/c20-19-23-16(22-10-3-1-2-4-10)11-7-21-25(17(11)24-19)18-15(28)14(27)12(34-18)8-33-13(35(29,30)31)9-32-6-5-26/h7,10,12-15,18,26-28H,1-6,8-9H2,(H,22,23,24)(H2,29,30,31)/t12?,13?,14-,15-,18-/m1/s1. The monoisotopic (exact) mass is 537 g/mol. The minimum absolute atomic E-state index is 0.0277. The van der Waals surface area contributed by atoms with Crippen LogP contribution in [-0.2, 0) is 18.8 Å². The number of halogens is 1. The van der Waals surface area contributed by atoms with Gasteiger partial charge >= 0.3 is 7.60 Å². The van der Waals surface area contributed by atoms with Crippen molar-refractivity contribution in [3.05, 3.63) is 11.5 Å². The Morgan fingerprint density at radius 2 is 2.00 bits per heavy atom. The summed E-state index contributed by atoms with van der Waals surface area (Å²) in [5.41, 5.74) is 0.286. The number of aromatic nitrogens is 4. The van der Waals surface area contributed by atoms with Crippen molar-refractivity contribution in [2.75, 3.05) is 31.7 Å². The van der Waals surface area contributed by atoms with Gasteiger partial charge in [0.15, 0.2) is 17.7 Å². The zero-order chi connectivity index (χ0) is 25.2. The number of rotatable bonds is 11. The van der Waals surface area contributed by atoms with E-state index in [9.17, 15) is 24.6 Å². The molecule has 0 amide bonds. The Morgan fingerprint density at radius 3 is 2.69 bits per heavy atom. The fourth-order valence-electron chi connectivity index (χ4n) is 4.22. The predicted octanol–water partition coefficient (Wildman–Crippen LogP) is -0.0173. The second-order valence-corrected chi connectivity index (χ2v) is 10.6. The first-order valence-corrected chi connectivity index (χ1v) is 13.3. The third kappa shape index (κ3) is 6.10. The van der Waals surface area contributed by atoms with Crippen LogP contribution in [0.25, 0.3) is 11.0 Å². The lowest BCUT2D eigenvalue weighted by atomic mass is 10.1. The molecule has 196 valence electrons. The molecule has 2 fully saturated rings. The minimum Gasteiger partial charge on any atom is -0.394 e. The van der Waals surface area contributed by atoms with Crippen molar-refractivity contribution in [3.63, 3.8) is 0 Å². The maximum atomic E-state index is 11.7. The van der Waals surface area contributed by atoms with E-state index in [4.69, 9.17) is 30.9 Å². The molecule has 1 saturated carbocycles. The van der Waals surface area contributed by atoms with E-state index in [2.05, 4.69) is 20.4 Å². The van der Waals surface area contributed by atoms with Crippen molar-refractivity contribution in [1.82, 2.24) is 19.7 Å². The first-order chi connectivity index (χ1) is 16.7. The molecule has 0 radical (unpaired) electrons. The normalized spacial score (nSPS) is 26.6. The minimum atomic E-state index is -4.71. The lowest BCUT2D eigenvalue weighted by Gasteiger charge is -2.22. The van der Waals surface area contributed by atoms with Crippen molar-refractivity contribution < 1.29 is 43.9 Å². The number of nitrogens with zero attached hydrogens (tertiary/aromatic N) is 4. The number of aliphatic hydroxyl groups is 3. The highest BCUT2D eigenvalue weighted by atomic mass is 35.5. The Morgan fingerprint density at radius 1 is 1.26 bits per heavy atom. The topological polar surface area (TPSA) is 202 Å². The van der Waals surface area contributed by atoms with Gasteiger partial charge in [0.05, 0.1) is 38.0 Å². The third-order valence-electron chi connectivity index (χ3n) is 6.02. The number of hydrogen-bond acceptors (Lipinski definition) is 11. The van der Waals surface area contributed by atoms with Gasteiger partial charge in [-0.25, -0.2) is 4.68 Å². The highest BCUT2D eigenvalue weighted by Gasteiger charge is 2.46. The molecule has 2 aliphatic rings. The Kier molecular flexibility index (Phi) is 8.59. The van der Waals surface area contributed by atoms with Crippen LogP contribution in [0.4, 0.5) is 5.82 Å². The second kappa shape index (κ2) is 11.3. The number of ether oxygens (including phenoxy) is 3. The first kappa shape index (κ1) is 26.6. The molecule has 1 aliphatic heterocycles. The van der Waals surface area contributed by atoms with Crippen LogP contribution >= 0.6 is 19.2 Å². The zero-order valence-electron chi connectivity index (χ0n) is 18.7. The van der Waals surface area contributed by atoms with Crippen LogP contribution in [0.5, 0.6) is 0 Å². The van der Waals surface area contributed by atoms with Gasteiger partial charge in [-0.3, -0.25) is 4.57 Å².